The molecule has 4 aromatic rings. The molecule has 7 heteroatoms. The van der Waals surface area contributed by atoms with E-state index in [2.05, 4.69) is 16.0 Å². The summed E-state index contributed by atoms with van der Waals surface area (Å²) in [5.41, 5.74) is 0.0602. The molecule has 0 radical (unpaired) electrons. The Kier molecular flexibility index (Phi) is 2.54. The number of nitrogens with zero attached hydrogens (tertiary/aromatic N) is 4. The van der Waals surface area contributed by atoms with Crippen LogP contribution in [0.4, 0.5) is 0 Å². The summed E-state index contributed by atoms with van der Waals surface area (Å²) >= 11 is 0. The van der Waals surface area contributed by atoms with Gasteiger partial charge < -0.3 is 14.5 Å². The van der Waals surface area contributed by atoms with Gasteiger partial charge in [0.2, 0.25) is 5.91 Å². The third kappa shape index (κ3) is 1.72. The van der Waals surface area contributed by atoms with Crippen molar-refractivity contribution in [3.63, 3.8) is 0 Å². The topological polar surface area (TPSA) is 94.8 Å². The van der Waals surface area contributed by atoms with Crippen LogP contribution in [-0.2, 0) is 10.3 Å². The first-order valence-corrected chi connectivity index (χ1v) is 9.05. The molecule has 6 rings (SSSR count). The Morgan fingerprint density at radius 3 is 2.74 bits per heavy atom. The standard InChI is InChI=1S/C20H15N5O2/c21-5-11-7-24(8-11)19(27)20(2-3-20)25-9-14-12-1-4-22-18-16(12)13(6-23-18)17(26)15(14)10-25/h1,4,6,9-11H,2-3,7-8H2,(H,22,23). The Hall–Kier alpha value is -3.40. The molecule has 0 spiro atoms. The van der Waals surface area contributed by atoms with Crippen molar-refractivity contribution in [1.29, 1.82) is 5.26 Å². The molecule has 0 unspecified atom stereocenters. The van der Waals surface area contributed by atoms with Crippen molar-refractivity contribution in [3.8, 4) is 6.07 Å². The first-order chi connectivity index (χ1) is 13.1. The van der Waals surface area contributed by atoms with Crippen LogP contribution < -0.4 is 5.43 Å². The quantitative estimate of drug-likeness (QED) is 0.593. The summed E-state index contributed by atoms with van der Waals surface area (Å²) in [5, 5.41) is 12.9. The number of pyridine rings is 1. The lowest BCUT2D eigenvalue weighted by atomic mass is 10.0. The minimum atomic E-state index is -0.597. The van der Waals surface area contributed by atoms with Crippen LogP contribution in [0.5, 0.6) is 0 Å². The third-order valence-corrected chi connectivity index (χ3v) is 6.14. The summed E-state index contributed by atoms with van der Waals surface area (Å²) in [6.45, 7) is 1.01. The van der Waals surface area contributed by atoms with Gasteiger partial charge in [-0.1, -0.05) is 0 Å². The van der Waals surface area contributed by atoms with E-state index in [0.717, 1.165) is 29.0 Å². The fraction of sp³-hybridized carbons (Fsp3) is 0.300. The largest absolute Gasteiger partial charge is 0.346 e. The number of carbonyl (C=O) groups is 1. The number of likely N-dealkylation sites (tertiary alicyclic amines) is 1. The van der Waals surface area contributed by atoms with Crippen LogP contribution in [0.25, 0.3) is 32.6 Å². The zero-order valence-electron chi connectivity index (χ0n) is 14.4. The molecule has 132 valence electrons. The molecule has 2 fully saturated rings. The van der Waals surface area contributed by atoms with Gasteiger partial charge in [0.05, 0.1) is 17.4 Å². The minimum absolute atomic E-state index is 0.0462. The number of aromatic amines is 1. The minimum Gasteiger partial charge on any atom is -0.346 e. The van der Waals surface area contributed by atoms with E-state index in [1.54, 1.807) is 11.1 Å². The van der Waals surface area contributed by atoms with E-state index in [1.807, 2.05) is 29.2 Å². The molecule has 4 heterocycles. The third-order valence-electron chi connectivity index (χ3n) is 6.14. The summed E-state index contributed by atoms with van der Waals surface area (Å²) in [4.78, 5) is 35.1. The average Bonchev–Trinajstić information content (AvgIpc) is 3.13. The van der Waals surface area contributed by atoms with Crippen molar-refractivity contribution < 1.29 is 4.79 Å². The monoisotopic (exact) mass is 357 g/mol. The number of nitriles is 1. The van der Waals surface area contributed by atoms with Gasteiger partial charge in [0.25, 0.3) is 0 Å². The zero-order chi connectivity index (χ0) is 18.3. The van der Waals surface area contributed by atoms with Gasteiger partial charge in [-0.25, -0.2) is 4.98 Å². The number of fused-ring (bicyclic) bond motifs is 2. The molecule has 1 saturated carbocycles. The maximum Gasteiger partial charge on any atom is 0.248 e. The number of benzene rings is 1. The molecule has 27 heavy (non-hydrogen) atoms. The first kappa shape index (κ1) is 14.7. The molecule has 2 aliphatic rings. The van der Waals surface area contributed by atoms with Crippen LogP contribution in [0.1, 0.15) is 12.8 Å². The van der Waals surface area contributed by atoms with Gasteiger partial charge in [-0.2, -0.15) is 5.26 Å². The molecule has 7 nitrogen and oxygen atoms in total. The number of carbonyl (C=O) groups excluding carboxylic acids is 1. The molecule has 0 bridgehead atoms. The second-order valence-corrected chi connectivity index (χ2v) is 7.68. The van der Waals surface area contributed by atoms with E-state index in [9.17, 15) is 9.59 Å². The van der Waals surface area contributed by atoms with Crippen LogP contribution in [0.3, 0.4) is 0 Å². The molecule has 3 aromatic heterocycles. The summed E-state index contributed by atoms with van der Waals surface area (Å²) in [6.07, 6.45) is 8.73. The van der Waals surface area contributed by atoms with Crippen LogP contribution in [0.2, 0.25) is 0 Å². The molecule has 1 aliphatic heterocycles. The number of nitrogens with one attached hydrogen (secondary N) is 1. The molecular weight excluding hydrogens is 342 g/mol. The van der Waals surface area contributed by atoms with Gasteiger partial charge in [-0.05, 0) is 24.3 Å². The van der Waals surface area contributed by atoms with Crippen LogP contribution in [-0.4, -0.2) is 38.4 Å². The van der Waals surface area contributed by atoms with Crippen molar-refractivity contribution in [2.45, 2.75) is 18.4 Å². The highest BCUT2D eigenvalue weighted by Gasteiger charge is 2.55. The van der Waals surface area contributed by atoms with E-state index in [-0.39, 0.29) is 17.3 Å². The molecule has 0 atom stereocenters. The first-order valence-electron chi connectivity index (χ1n) is 9.05. The highest BCUT2D eigenvalue weighted by Crippen LogP contribution is 2.47. The summed E-state index contributed by atoms with van der Waals surface area (Å²) in [5.74, 6) is 0.00834. The smallest absolute Gasteiger partial charge is 0.248 e. The van der Waals surface area contributed by atoms with E-state index < -0.39 is 5.54 Å². The lowest BCUT2D eigenvalue weighted by Crippen LogP contribution is -2.54. The van der Waals surface area contributed by atoms with Crippen molar-refractivity contribution in [1.82, 2.24) is 19.4 Å². The van der Waals surface area contributed by atoms with E-state index >= 15 is 0 Å². The van der Waals surface area contributed by atoms with Gasteiger partial charge in [0.1, 0.15) is 11.2 Å². The second kappa shape index (κ2) is 4.65. The van der Waals surface area contributed by atoms with Gasteiger partial charge in [-0.15, -0.1) is 0 Å². The lowest BCUT2D eigenvalue weighted by molar-refractivity contribution is -0.141. The van der Waals surface area contributed by atoms with E-state index in [1.165, 1.54) is 0 Å². The average molecular weight is 357 g/mol. The second-order valence-electron chi connectivity index (χ2n) is 7.68. The van der Waals surface area contributed by atoms with Gasteiger partial charge in [0.15, 0.2) is 5.43 Å². The fourth-order valence-corrected chi connectivity index (χ4v) is 4.42. The van der Waals surface area contributed by atoms with Crippen LogP contribution in [0.15, 0.2) is 35.6 Å². The number of hydrogen-bond donors (Lipinski definition) is 1. The maximum absolute atomic E-state index is 13.0. The summed E-state index contributed by atoms with van der Waals surface area (Å²) < 4.78 is 1.93. The molecule has 1 N–H and O–H groups in total. The lowest BCUT2D eigenvalue weighted by Gasteiger charge is -2.38. The Bertz CT molecular complexity index is 1350. The zero-order valence-corrected chi connectivity index (χ0v) is 14.4. The highest BCUT2D eigenvalue weighted by atomic mass is 16.2. The number of hydrogen-bond acceptors (Lipinski definition) is 4. The fourth-order valence-electron chi connectivity index (χ4n) is 4.42. The number of aromatic nitrogens is 3. The van der Waals surface area contributed by atoms with Crippen molar-refractivity contribution >= 4 is 38.5 Å². The number of rotatable bonds is 2. The Labute approximate surface area is 153 Å². The Morgan fingerprint density at radius 2 is 2.00 bits per heavy atom. The van der Waals surface area contributed by atoms with Gasteiger partial charge in [-0.3, -0.25) is 9.59 Å². The maximum atomic E-state index is 13.0. The van der Waals surface area contributed by atoms with E-state index in [0.29, 0.717) is 29.5 Å². The molecule has 1 aliphatic carbocycles. The SMILES string of the molecule is N#CC1CN(C(=O)C2(n3cc4c(=O)c5cnc6[nH]ccc(c4c3)c65)CC2)C1. The summed E-state index contributed by atoms with van der Waals surface area (Å²) in [6, 6.07) is 4.16. The van der Waals surface area contributed by atoms with Crippen LogP contribution >= 0.6 is 0 Å². The van der Waals surface area contributed by atoms with Gasteiger partial charge in [0, 0.05) is 54.0 Å². The predicted octanol–water partition coefficient (Wildman–Crippen LogP) is 1.94. The summed E-state index contributed by atoms with van der Waals surface area (Å²) in [7, 11) is 0. The van der Waals surface area contributed by atoms with Crippen molar-refractivity contribution in [2.75, 3.05) is 13.1 Å². The number of amides is 1. The Balaban J connectivity index is 1.53. The predicted molar refractivity (Wildman–Crippen MR) is 99.4 cm³/mol. The molecule has 1 aromatic carbocycles. The van der Waals surface area contributed by atoms with Crippen molar-refractivity contribution in [3.05, 3.63) is 41.1 Å². The molecule has 1 saturated heterocycles. The van der Waals surface area contributed by atoms with Crippen molar-refractivity contribution in [2.24, 2.45) is 5.92 Å². The van der Waals surface area contributed by atoms with E-state index in [4.69, 9.17) is 5.26 Å². The Morgan fingerprint density at radius 1 is 1.22 bits per heavy atom. The van der Waals surface area contributed by atoms with Crippen LogP contribution in [0, 0.1) is 17.2 Å². The highest BCUT2D eigenvalue weighted by molar-refractivity contribution is 6.20. The normalized spacial score (nSPS) is 18.9. The van der Waals surface area contributed by atoms with Gasteiger partial charge >= 0.3 is 0 Å². The molecule has 1 amide bonds. The molecular formula is C20H15N5O2. The number of H-pyrrole nitrogens is 1.